The Kier molecular flexibility index (Phi) is 4.43. The Hall–Kier alpha value is -2.74. The van der Waals surface area contributed by atoms with Gasteiger partial charge in [-0.05, 0) is 43.7 Å². The van der Waals surface area contributed by atoms with E-state index in [-0.39, 0.29) is 17.9 Å². The van der Waals surface area contributed by atoms with Crippen molar-refractivity contribution >= 4 is 34.2 Å². The molecule has 1 aliphatic rings. The first-order chi connectivity index (χ1) is 12.9. The standard InChI is InChI=1S/C19H20N4O3S/c1-10-16-13(18(24)20-12-6-5-11(8-12)19(25)26)9-14(15-4-3-7-27-15)21-17(16)23(2)22-10/h3-4,7,9,11-12H,5-6,8H2,1-2H3,(H,20,24)(H,25,26)/t11-,12+/m1/s1. The van der Waals surface area contributed by atoms with Crippen LogP contribution >= 0.6 is 11.3 Å². The highest BCUT2D eigenvalue weighted by molar-refractivity contribution is 7.13. The average Bonchev–Trinajstić information content (AvgIpc) is 3.36. The third kappa shape index (κ3) is 3.21. The summed E-state index contributed by atoms with van der Waals surface area (Å²) in [5.74, 6) is -1.37. The van der Waals surface area contributed by atoms with Crippen LogP contribution < -0.4 is 5.32 Å². The van der Waals surface area contributed by atoms with Crippen molar-refractivity contribution in [1.82, 2.24) is 20.1 Å². The van der Waals surface area contributed by atoms with E-state index in [4.69, 9.17) is 4.98 Å². The number of rotatable bonds is 4. The highest BCUT2D eigenvalue weighted by Gasteiger charge is 2.31. The maximum absolute atomic E-state index is 13.1. The van der Waals surface area contributed by atoms with Crippen LogP contribution in [0, 0.1) is 12.8 Å². The van der Waals surface area contributed by atoms with Crippen LogP contribution in [-0.4, -0.2) is 37.8 Å². The number of aryl methyl sites for hydroxylation is 2. The van der Waals surface area contributed by atoms with Crippen molar-refractivity contribution in [2.45, 2.75) is 32.2 Å². The van der Waals surface area contributed by atoms with Crippen molar-refractivity contribution in [3.63, 3.8) is 0 Å². The largest absolute Gasteiger partial charge is 0.481 e. The maximum atomic E-state index is 13.1. The van der Waals surface area contributed by atoms with Gasteiger partial charge in [0.2, 0.25) is 0 Å². The summed E-state index contributed by atoms with van der Waals surface area (Å²) >= 11 is 1.56. The van der Waals surface area contributed by atoms with E-state index in [1.54, 1.807) is 16.0 Å². The molecule has 0 saturated heterocycles. The Labute approximate surface area is 160 Å². The summed E-state index contributed by atoms with van der Waals surface area (Å²) < 4.78 is 1.69. The molecule has 1 fully saturated rings. The summed E-state index contributed by atoms with van der Waals surface area (Å²) in [7, 11) is 1.82. The maximum Gasteiger partial charge on any atom is 0.306 e. The summed E-state index contributed by atoms with van der Waals surface area (Å²) in [6.45, 7) is 1.86. The van der Waals surface area contributed by atoms with Gasteiger partial charge in [-0.1, -0.05) is 6.07 Å². The molecular formula is C19H20N4O3S. The van der Waals surface area contributed by atoms with E-state index in [1.807, 2.05) is 37.6 Å². The quantitative estimate of drug-likeness (QED) is 0.721. The molecule has 0 aromatic carbocycles. The number of amides is 1. The van der Waals surface area contributed by atoms with Gasteiger partial charge in [-0.3, -0.25) is 14.3 Å². The number of fused-ring (bicyclic) bond motifs is 1. The van der Waals surface area contributed by atoms with Crippen molar-refractivity contribution < 1.29 is 14.7 Å². The summed E-state index contributed by atoms with van der Waals surface area (Å²) in [4.78, 5) is 29.9. The topological polar surface area (TPSA) is 97.1 Å². The fourth-order valence-electron chi connectivity index (χ4n) is 3.77. The molecule has 27 heavy (non-hydrogen) atoms. The molecule has 0 bridgehead atoms. The van der Waals surface area contributed by atoms with Crippen molar-refractivity contribution in [3.8, 4) is 10.6 Å². The molecular weight excluding hydrogens is 364 g/mol. The Balaban J connectivity index is 1.71. The highest BCUT2D eigenvalue weighted by Crippen LogP contribution is 2.30. The van der Waals surface area contributed by atoms with E-state index in [1.165, 1.54) is 0 Å². The molecule has 1 saturated carbocycles. The van der Waals surface area contributed by atoms with Gasteiger partial charge >= 0.3 is 5.97 Å². The second-order valence-electron chi connectivity index (χ2n) is 6.96. The number of hydrogen-bond donors (Lipinski definition) is 2. The summed E-state index contributed by atoms with van der Waals surface area (Å²) in [6, 6.07) is 5.61. The van der Waals surface area contributed by atoms with Crippen molar-refractivity contribution in [2.75, 3.05) is 0 Å². The molecule has 4 rings (SSSR count). The molecule has 2 atom stereocenters. The SMILES string of the molecule is Cc1nn(C)c2nc(-c3cccs3)cc(C(=O)N[C@H]3CC[C@@H](C(=O)O)C3)c12. The zero-order valence-electron chi connectivity index (χ0n) is 15.1. The number of carbonyl (C=O) groups excluding carboxylic acids is 1. The molecule has 7 nitrogen and oxygen atoms in total. The lowest BCUT2D eigenvalue weighted by Crippen LogP contribution is -2.33. The number of aromatic nitrogens is 3. The second-order valence-corrected chi connectivity index (χ2v) is 7.91. The Morgan fingerprint density at radius 2 is 2.19 bits per heavy atom. The molecule has 140 valence electrons. The van der Waals surface area contributed by atoms with Crippen LogP contribution in [0.3, 0.4) is 0 Å². The van der Waals surface area contributed by atoms with Crippen LogP contribution in [0.1, 0.15) is 35.3 Å². The van der Waals surface area contributed by atoms with E-state index in [0.717, 1.165) is 21.7 Å². The van der Waals surface area contributed by atoms with Gasteiger partial charge in [0.15, 0.2) is 5.65 Å². The summed E-state index contributed by atoms with van der Waals surface area (Å²) in [5, 5.41) is 19.3. The molecule has 0 unspecified atom stereocenters. The zero-order chi connectivity index (χ0) is 19.1. The number of carboxylic acid groups (broad SMARTS) is 1. The minimum Gasteiger partial charge on any atom is -0.481 e. The van der Waals surface area contributed by atoms with Crippen LogP contribution in [0.2, 0.25) is 0 Å². The normalized spacial score (nSPS) is 19.5. The number of nitrogens with zero attached hydrogens (tertiary/aromatic N) is 3. The molecule has 0 radical (unpaired) electrons. The van der Waals surface area contributed by atoms with Gasteiger partial charge in [0.05, 0.1) is 33.1 Å². The van der Waals surface area contributed by atoms with Crippen LogP contribution in [0.15, 0.2) is 23.6 Å². The lowest BCUT2D eigenvalue weighted by molar-refractivity contribution is -0.141. The van der Waals surface area contributed by atoms with Gasteiger partial charge in [0.25, 0.3) is 5.91 Å². The number of nitrogens with one attached hydrogen (secondary N) is 1. The van der Waals surface area contributed by atoms with Gasteiger partial charge in [0.1, 0.15) is 0 Å². The van der Waals surface area contributed by atoms with Crippen LogP contribution in [0.25, 0.3) is 21.6 Å². The van der Waals surface area contributed by atoms with Crippen molar-refractivity contribution in [3.05, 3.63) is 34.8 Å². The lowest BCUT2D eigenvalue weighted by Gasteiger charge is -2.14. The van der Waals surface area contributed by atoms with E-state index < -0.39 is 5.97 Å². The first kappa shape index (κ1) is 17.7. The fourth-order valence-corrected chi connectivity index (χ4v) is 4.46. The zero-order valence-corrected chi connectivity index (χ0v) is 15.9. The number of hydrogen-bond acceptors (Lipinski definition) is 5. The second kappa shape index (κ2) is 6.77. The molecule has 3 heterocycles. The van der Waals surface area contributed by atoms with Gasteiger partial charge in [-0.2, -0.15) is 5.10 Å². The third-order valence-electron chi connectivity index (χ3n) is 5.10. The van der Waals surface area contributed by atoms with E-state index in [9.17, 15) is 14.7 Å². The fraction of sp³-hybridized carbons (Fsp3) is 0.368. The number of pyridine rings is 1. The van der Waals surface area contributed by atoms with E-state index in [0.29, 0.717) is 30.5 Å². The molecule has 0 spiro atoms. The molecule has 3 aromatic rings. The molecule has 3 aromatic heterocycles. The molecule has 2 N–H and O–H groups in total. The minimum absolute atomic E-state index is 0.121. The molecule has 1 aliphatic carbocycles. The monoisotopic (exact) mass is 384 g/mol. The predicted molar refractivity (Wildman–Crippen MR) is 103 cm³/mol. The molecule has 1 amide bonds. The minimum atomic E-state index is -0.791. The summed E-state index contributed by atoms with van der Waals surface area (Å²) in [6.07, 6.45) is 1.75. The van der Waals surface area contributed by atoms with Crippen LogP contribution in [0.4, 0.5) is 0 Å². The summed E-state index contributed by atoms with van der Waals surface area (Å²) in [5.41, 5.74) is 2.68. The van der Waals surface area contributed by atoms with Crippen molar-refractivity contribution in [2.24, 2.45) is 13.0 Å². The van der Waals surface area contributed by atoms with Gasteiger partial charge in [-0.15, -0.1) is 11.3 Å². The lowest BCUT2D eigenvalue weighted by atomic mass is 10.1. The Bertz CT molecular complexity index is 1030. The van der Waals surface area contributed by atoms with Crippen LogP contribution in [0.5, 0.6) is 0 Å². The number of aliphatic carboxylic acids is 1. The third-order valence-corrected chi connectivity index (χ3v) is 6.00. The number of carbonyl (C=O) groups is 2. The smallest absolute Gasteiger partial charge is 0.306 e. The Morgan fingerprint density at radius 3 is 2.85 bits per heavy atom. The predicted octanol–water partition coefficient (Wildman–Crippen LogP) is 2.99. The molecule has 0 aliphatic heterocycles. The molecule has 8 heteroatoms. The number of thiophene rings is 1. The van der Waals surface area contributed by atoms with Crippen molar-refractivity contribution in [1.29, 1.82) is 0 Å². The van der Waals surface area contributed by atoms with Gasteiger partial charge in [0, 0.05) is 13.1 Å². The first-order valence-corrected chi connectivity index (χ1v) is 9.74. The van der Waals surface area contributed by atoms with Gasteiger partial charge < -0.3 is 10.4 Å². The van der Waals surface area contributed by atoms with E-state index >= 15 is 0 Å². The first-order valence-electron chi connectivity index (χ1n) is 8.86. The number of carboxylic acids is 1. The Morgan fingerprint density at radius 1 is 1.37 bits per heavy atom. The average molecular weight is 384 g/mol. The van der Waals surface area contributed by atoms with E-state index in [2.05, 4.69) is 10.4 Å². The highest BCUT2D eigenvalue weighted by atomic mass is 32.1. The van der Waals surface area contributed by atoms with Crippen LogP contribution in [-0.2, 0) is 11.8 Å². The van der Waals surface area contributed by atoms with Gasteiger partial charge in [-0.25, -0.2) is 4.98 Å².